The first-order valence-electron chi connectivity index (χ1n) is 12.6. The van der Waals surface area contributed by atoms with E-state index in [4.69, 9.17) is 0 Å². The third kappa shape index (κ3) is 5.12. The third-order valence-electron chi connectivity index (χ3n) is 6.94. The molecule has 0 unspecified atom stereocenters. The molecular weight excluding hydrogens is 488 g/mol. The number of benzene rings is 1. The lowest BCUT2D eigenvalue weighted by Gasteiger charge is -2.16. The number of nitrogens with zero attached hydrogens (tertiary/aromatic N) is 4. The molecule has 2 fully saturated rings. The second kappa shape index (κ2) is 9.60. The quantitative estimate of drug-likeness (QED) is 0.295. The lowest BCUT2D eigenvalue weighted by Crippen LogP contribution is -2.24. The molecule has 1 aromatic carbocycles. The van der Waals surface area contributed by atoms with Gasteiger partial charge in [-0.05, 0) is 48.2 Å². The Bertz CT molecular complexity index is 1530. The van der Waals surface area contributed by atoms with Crippen molar-refractivity contribution < 1.29 is 13.6 Å². The molecule has 0 bridgehead atoms. The Kier molecular flexibility index (Phi) is 6.11. The fourth-order valence-corrected chi connectivity index (χ4v) is 4.76. The van der Waals surface area contributed by atoms with Crippen molar-refractivity contribution in [1.82, 2.24) is 25.1 Å². The van der Waals surface area contributed by atoms with Gasteiger partial charge in [0.1, 0.15) is 5.69 Å². The fourth-order valence-electron chi connectivity index (χ4n) is 4.76. The molecule has 4 heterocycles. The number of pyridine rings is 2. The molecule has 10 heteroatoms. The summed E-state index contributed by atoms with van der Waals surface area (Å²) >= 11 is 0. The zero-order valence-electron chi connectivity index (χ0n) is 20.7. The Labute approximate surface area is 218 Å². The van der Waals surface area contributed by atoms with Gasteiger partial charge in [0.15, 0.2) is 0 Å². The van der Waals surface area contributed by atoms with Crippen molar-refractivity contribution in [3.05, 3.63) is 73.0 Å². The predicted octanol–water partition coefficient (Wildman–Crippen LogP) is 5.29. The van der Waals surface area contributed by atoms with E-state index in [0.717, 1.165) is 40.4 Å². The predicted molar refractivity (Wildman–Crippen MR) is 142 cm³/mol. The Morgan fingerprint density at radius 1 is 1.08 bits per heavy atom. The van der Waals surface area contributed by atoms with E-state index in [0.29, 0.717) is 35.9 Å². The van der Waals surface area contributed by atoms with Crippen LogP contribution in [-0.4, -0.2) is 50.0 Å². The summed E-state index contributed by atoms with van der Waals surface area (Å²) < 4.78 is 27.2. The maximum absolute atomic E-state index is 13.6. The summed E-state index contributed by atoms with van der Waals surface area (Å²) in [5.41, 5.74) is 5.98. The van der Waals surface area contributed by atoms with Crippen LogP contribution in [-0.2, 0) is 11.3 Å². The topological polar surface area (TPSA) is 98.8 Å². The van der Waals surface area contributed by atoms with Crippen LogP contribution in [0.15, 0.2) is 61.7 Å². The molecule has 3 N–H and O–H groups in total. The van der Waals surface area contributed by atoms with Gasteiger partial charge in [-0.2, -0.15) is 5.10 Å². The monoisotopic (exact) mass is 515 g/mol. The number of anilines is 2. The van der Waals surface area contributed by atoms with Crippen molar-refractivity contribution in [3.8, 4) is 11.1 Å². The van der Waals surface area contributed by atoms with Crippen LogP contribution in [0.1, 0.15) is 30.5 Å². The van der Waals surface area contributed by atoms with Gasteiger partial charge >= 0.3 is 0 Å². The molecule has 1 amide bonds. The van der Waals surface area contributed by atoms with E-state index in [1.54, 1.807) is 35.8 Å². The normalized spacial score (nSPS) is 17.0. The molecule has 3 aromatic heterocycles. The number of amides is 1. The number of halogens is 2. The number of rotatable bonds is 8. The summed E-state index contributed by atoms with van der Waals surface area (Å²) in [4.78, 5) is 22.6. The van der Waals surface area contributed by atoms with Gasteiger partial charge in [-0.1, -0.05) is 12.6 Å². The summed E-state index contributed by atoms with van der Waals surface area (Å²) in [6.07, 6.45) is 8.49. The van der Waals surface area contributed by atoms with Gasteiger partial charge in [-0.3, -0.25) is 24.8 Å². The third-order valence-corrected chi connectivity index (χ3v) is 6.94. The maximum Gasteiger partial charge on any atom is 0.261 e. The molecule has 1 aliphatic carbocycles. The number of hydrogen-bond acceptors (Lipinski definition) is 6. The molecule has 194 valence electrons. The molecule has 4 aromatic rings. The van der Waals surface area contributed by atoms with E-state index in [2.05, 4.69) is 37.4 Å². The standard InChI is InChI=1S/C28H27F2N7O/c1-17(33-25-14-31-8-6-24(25)34-27(38)19-2-3-19)26-22-11-20(4-5-23(22)35-36-26)21-10-18(12-32-13-21)15-37-9-7-28(29,30)16-37/h4-6,8,10-14,19,33H,1-3,7,9,15-16H2,(H,35,36)(H,31,34,38). The molecule has 1 aliphatic heterocycles. The molecule has 2 aliphatic rings. The molecule has 0 atom stereocenters. The van der Waals surface area contributed by atoms with Gasteiger partial charge in [0, 0.05) is 55.0 Å². The molecule has 0 radical (unpaired) electrons. The first-order chi connectivity index (χ1) is 18.3. The number of likely N-dealkylation sites (tertiary alicyclic amines) is 1. The summed E-state index contributed by atoms with van der Waals surface area (Å²) in [5.74, 6) is -2.53. The van der Waals surface area contributed by atoms with Crippen molar-refractivity contribution in [2.75, 3.05) is 23.7 Å². The second-order valence-corrected chi connectivity index (χ2v) is 10.0. The highest BCUT2D eigenvalue weighted by Crippen LogP contribution is 2.33. The van der Waals surface area contributed by atoms with Crippen molar-refractivity contribution in [3.63, 3.8) is 0 Å². The van der Waals surface area contributed by atoms with Crippen LogP contribution in [0.25, 0.3) is 27.7 Å². The summed E-state index contributed by atoms with van der Waals surface area (Å²) in [6, 6.07) is 9.65. The summed E-state index contributed by atoms with van der Waals surface area (Å²) in [7, 11) is 0. The van der Waals surface area contributed by atoms with Crippen LogP contribution in [0.4, 0.5) is 20.2 Å². The largest absolute Gasteiger partial charge is 0.351 e. The Morgan fingerprint density at radius 2 is 1.95 bits per heavy atom. The highest BCUT2D eigenvalue weighted by Gasteiger charge is 2.38. The first kappa shape index (κ1) is 24.2. The van der Waals surface area contributed by atoms with Gasteiger partial charge < -0.3 is 10.6 Å². The zero-order chi connectivity index (χ0) is 26.3. The average Bonchev–Trinajstić information content (AvgIpc) is 3.58. The number of nitrogens with one attached hydrogen (secondary N) is 3. The molecule has 8 nitrogen and oxygen atoms in total. The van der Waals surface area contributed by atoms with Crippen molar-refractivity contribution >= 4 is 33.9 Å². The average molecular weight is 516 g/mol. The van der Waals surface area contributed by atoms with Crippen molar-refractivity contribution in [1.29, 1.82) is 0 Å². The highest BCUT2D eigenvalue weighted by molar-refractivity contribution is 5.99. The van der Waals surface area contributed by atoms with Gasteiger partial charge in [0.25, 0.3) is 5.92 Å². The molecule has 38 heavy (non-hydrogen) atoms. The van der Waals surface area contributed by atoms with E-state index >= 15 is 0 Å². The first-order valence-corrected chi connectivity index (χ1v) is 12.6. The summed E-state index contributed by atoms with van der Waals surface area (Å²) in [5, 5.41) is 14.6. The number of aromatic nitrogens is 4. The van der Waals surface area contributed by atoms with Crippen molar-refractivity contribution in [2.45, 2.75) is 31.7 Å². The smallest absolute Gasteiger partial charge is 0.261 e. The van der Waals surface area contributed by atoms with Crippen molar-refractivity contribution in [2.24, 2.45) is 5.92 Å². The SMILES string of the molecule is C=C(Nc1cnccc1NC(=O)C1CC1)c1n[nH]c2ccc(-c3cncc(CN4CCC(F)(F)C4)c3)cc12. The van der Waals surface area contributed by atoms with Crippen LogP contribution in [0, 0.1) is 5.92 Å². The van der Waals surface area contributed by atoms with E-state index < -0.39 is 5.92 Å². The molecule has 1 saturated heterocycles. The number of carbonyl (C=O) groups is 1. The van der Waals surface area contributed by atoms with E-state index in [9.17, 15) is 13.6 Å². The van der Waals surface area contributed by atoms with E-state index in [1.165, 1.54) is 0 Å². The fraction of sp³-hybridized carbons (Fsp3) is 0.286. The van der Waals surface area contributed by atoms with Crippen LogP contribution < -0.4 is 10.6 Å². The number of aromatic amines is 1. The summed E-state index contributed by atoms with van der Waals surface area (Å²) in [6.45, 7) is 4.77. The zero-order valence-corrected chi connectivity index (χ0v) is 20.7. The van der Waals surface area contributed by atoms with Gasteiger partial charge in [-0.25, -0.2) is 8.78 Å². The van der Waals surface area contributed by atoms with Crippen LogP contribution in [0.2, 0.25) is 0 Å². The van der Waals surface area contributed by atoms with Gasteiger partial charge in [-0.15, -0.1) is 0 Å². The minimum absolute atomic E-state index is 0.00834. The number of carbonyl (C=O) groups excluding carboxylic acids is 1. The number of H-pyrrole nitrogens is 1. The highest BCUT2D eigenvalue weighted by atomic mass is 19.3. The Balaban J connectivity index is 1.23. The second-order valence-electron chi connectivity index (χ2n) is 10.0. The minimum atomic E-state index is -2.62. The van der Waals surface area contributed by atoms with Gasteiger partial charge in [0.05, 0.1) is 35.3 Å². The number of alkyl halides is 2. The minimum Gasteiger partial charge on any atom is -0.351 e. The lowest BCUT2D eigenvalue weighted by molar-refractivity contribution is -0.117. The molecule has 1 saturated carbocycles. The lowest BCUT2D eigenvalue weighted by atomic mass is 10.0. The van der Waals surface area contributed by atoms with E-state index in [1.807, 2.05) is 24.3 Å². The van der Waals surface area contributed by atoms with Crippen LogP contribution in [0.5, 0.6) is 0 Å². The Morgan fingerprint density at radius 3 is 2.74 bits per heavy atom. The Hall–Kier alpha value is -4.18. The molecule has 0 spiro atoms. The van der Waals surface area contributed by atoms with E-state index in [-0.39, 0.29) is 24.8 Å². The molecular formula is C28H27F2N7O. The van der Waals surface area contributed by atoms with Crippen LogP contribution in [0.3, 0.4) is 0 Å². The number of hydrogen-bond donors (Lipinski definition) is 3. The van der Waals surface area contributed by atoms with Crippen LogP contribution >= 0.6 is 0 Å². The van der Waals surface area contributed by atoms with Gasteiger partial charge in [0.2, 0.25) is 5.91 Å². The maximum atomic E-state index is 13.6. The number of fused-ring (bicyclic) bond motifs is 1. The molecule has 6 rings (SSSR count).